The Morgan fingerprint density at radius 1 is 1.21 bits per heavy atom. The maximum atomic E-state index is 13.6. The highest BCUT2D eigenvalue weighted by molar-refractivity contribution is 5.78. The van der Waals surface area contributed by atoms with Gasteiger partial charge in [0.1, 0.15) is 11.3 Å². The number of aryl methyl sites for hydroxylation is 1. The van der Waals surface area contributed by atoms with Crippen molar-refractivity contribution in [2.75, 3.05) is 11.1 Å². The molecule has 3 aromatic rings. The number of rotatable bonds is 2. The summed E-state index contributed by atoms with van der Waals surface area (Å²) >= 11 is 0. The van der Waals surface area contributed by atoms with E-state index in [1.165, 1.54) is 6.07 Å². The second-order valence-electron chi connectivity index (χ2n) is 4.35. The van der Waals surface area contributed by atoms with Gasteiger partial charge in [0.2, 0.25) is 0 Å². The van der Waals surface area contributed by atoms with E-state index in [-0.39, 0.29) is 11.8 Å². The number of oxazole rings is 1. The smallest absolute Gasteiger partial charge is 0.300 e. The van der Waals surface area contributed by atoms with E-state index < -0.39 is 0 Å². The van der Waals surface area contributed by atoms with Crippen molar-refractivity contribution in [3.05, 3.63) is 47.8 Å². The summed E-state index contributed by atoms with van der Waals surface area (Å²) in [7, 11) is 0. The molecule has 3 N–H and O–H groups in total. The molecule has 19 heavy (non-hydrogen) atoms. The summed E-state index contributed by atoms with van der Waals surface area (Å²) in [5.74, 6) is -0.354. The lowest BCUT2D eigenvalue weighted by Crippen LogP contribution is -1.94. The van der Waals surface area contributed by atoms with E-state index >= 15 is 0 Å². The number of hydrogen-bond acceptors (Lipinski definition) is 4. The normalized spacial score (nSPS) is 10.8. The molecule has 5 heteroatoms. The SMILES string of the molecule is Cc1ccc(F)c(Nc2nc3ccc(N)cc3o2)c1. The zero-order valence-corrected chi connectivity index (χ0v) is 10.3. The first kappa shape index (κ1) is 11.5. The zero-order chi connectivity index (χ0) is 13.4. The molecule has 3 rings (SSSR count). The third kappa shape index (κ3) is 2.22. The summed E-state index contributed by atoms with van der Waals surface area (Å²) in [6.07, 6.45) is 0. The van der Waals surface area contributed by atoms with Gasteiger partial charge in [0.05, 0.1) is 5.69 Å². The van der Waals surface area contributed by atoms with Gasteiger partial charge in [-0.1, -0.05) is 6.07 Å². The third-order valence-electron chi connectivity index (χ3n) is 2.78. The fourth-order valence-corrected chi connectivity index (χ4v) is 1.84. The maximum Gasteiger partial charge on any atom is 0.300 e. The number of fused-ring (bicyclic) bond motifs is 1. The molecule has 0 unspecified atom stereocenters. The van der Waals surface area contributed by atoms with Crippen LogP contribution in [0, 0.1) is 12.7 Å². The quantitative estimate of drug-likeness (QED) is 0.688. The van der Waals surface area contributed by atoms with Gasteiger partial charge in [-0.3, -0.25) is 0 Å². The second-order valence-corrected chi connectivity index (χ2v) is 4.35. The monoisotopic (exact) mass is 257 g/mol. The van der Waals surface area contributed by atoms with Gasteiger partial charge >= 0.3 is 0 Å². The van der Waals surface area contributed by atoms with Crippen LogP contribution in [0.5, 0.6) is 0 Å². The molecule has 0 aliphatic carbocycles. The average molecular weight is 257 g/mol. The molecule has 4 nitrogen and oxygen atoms in total. The first-order valence-electron chi connectivity index (χ1n) is 5.81. The molecule has 96 valence electrons. The van der Waals surface area contributed by atoms with Crippen molar-refractivity contribution in [1.29, 1.82) is 0 Å². The average Bonchev–Trinajstić information content (AvgIpc) is 2.75. The molecule has 0 saturated heterocycles. The number of benzene rings is 2. The number of hydrogen-bond donors (Lipinski definition) is 2. The van der Waals surface area contributed by atoms with Crippen LogP contribution in [-0.4, -0.2) is 4.98 Å². The van der Waals surface area contributed by atoms with E-state index in [1.54, 1.807) is 30.3 Å². The molecule has 0 aliphatic rings. The molecule has 0 atom stereocenters. The predicted octanol–water partition coefficient (Wildman–Crippen LogP) is 3.60. The number of nitrogens with one attached hydrogen (secondary N) is 1. The molecular formula is C14H12FN3O. The molecular weight excluding hydrogens is 245 g/mol. The number of halogens is 1. The van der Waals surface area contributed by atoms with Gasteiger partial charge in [-0.15, -0.1) is 0 Å². The fourth-order valence-electron chi connectivity index (χ4n) is 1.84. The van der Waals surface area contributed by atoms with E-state index in [0.717, 1.165) is 5.56 Å². The molecule has 0 spiro atoms. The van der Waals surface area contributed by atoms with Gasteiger partial charge in [0.25, 0.3) is 6.01 Å². The molecule has 1 aromatic heterocycles. The Labute approximate surface area is 109 Å². The first-order chi connectivity index (χ1) is 9.11. The molecule has 0 saturated carbocycles. The molecule has 0 fully saturated rings. The van der Waals surface area contributed by atoms with Crippen LogP contribution >= 0.6 is 0 Å². The van der Waals surface area contributed by atoms with Crippen molar-refractivity contribution in [1.82, 2.24) is 4.98 Å². The summed E-state index contributed by atoms with van der Waals surface area (Å²) in [6.45, 7) is 1.89. The van der Waals surface area contributed by atoms with E-state index in [0.29, 0.717) is 22.5 Å². The topological polar surface area (TPSA) is 64.1 Å². The van der Waals surface area contributed by atoms with Crippen molar-refractivity contribution in [3.8, 4) is 0 Å². The lowest BCUT2D eigenvalue weighted by Gasteiger charge is -2.03. The van der Waals surface area contributed by atoms with Gasteiger partial charge in [0, 0.05) is 11.8 Å². The number of aromatic nitrogens is 1. The van der Waals surface area contributed by atoms with Crippen LogP contribution in [0.4, 0.5) is 21.8 Å². The van der Waals surface area contributed by atoms with Crippen LogP contribution in [-0.2, 0) is 0 Å². The third-order valence-corrected chi connectivity index (χ3v) is 2.78. The summed E-state index contributed by atoms with van der Waals surface area (Å²) in [6, 6.07) is 10.2. The summed E-state index contributed by atoms with van der Waals surface area (Å²) < 4.78 is 19.1. The number of anilines is 3. The lowest BCUT2D eigenvalue weighted by atomic mass is 10.2. The Bertz CT molecular complexity index is 752. The largest absolute Gasteiger partial charge is 0.423 e. The molecule has 0 bridgehead atoms. The van der Waals surface area contributed by atoms with Crippen LogP contribution < -0.4 is 11.1 Å². The Morgan fingerprint density at radius 2 is 2.05 bits per heavy atom. The number of nitrogens with zero attached hydrogens (tertiary/aromatic N) is 1. The van der Waals surface area contributed by atoms with Crippen molar-refractivity contribution in [2.24, 2.45) is 0 Å². The van der Waals surface area contributed by atoms with Crippen LogP contribution in [0.1, 0.15) is 5.56 Å². The molecule has 0 radical (unpaired) electrons. The number of nitrogen functional groups attached to an aromatic ring is 1. The van der Waals surface area contributed by atoms with E-state index in [9.17, 15) is 4.39 Å². The van der Waals surface area contributed by atoms with Gasteiger partial charge in [-0.2, -0.15) is 4.98 Å². The van der Waals surface area contributed by atoms with E-state index in [4.69, 9.17) is 10.2 Å². The van der Waals surface area contributed by atoms with Gasteiger partial charge in [0.15, 0.2) is 5.58 Å². The minimum atomic E-state index is -0.354. The van der Waals surface area contributed by atoms with E-state index in [1.807, 2.05) is 6.92 Å². The van der Waals surface area contributed by atoms with Crippen LogP contribution in [0.15, 0.2) is 40.8 Å². The van der Waals surface area contributed by atoms with Gasteiger partial charge in [-0.25, -0.2) is 4.39 Å². The Kier molecular flexibility index (Phi) is 2.59. The maximum absolute atomic E-state index is 13.6. The fraction of sp³-hybridized carbons (Fsp3) is 0.0714. The first-order valence-corrected chi connectivity index (χ1v) is 5.81. The Morgan fingerprint density at radius 3 is 2.89 bits per heavy atom. The van der Waals surface area contributed by atoms with E-state index in [2.05, 4.69) is 10.3 Å². The highest BCUT2D eigenvalue weighted by Crippen LogP contribution is 2.25. The van der Waals surface area contributed by atoms with Crippen LogP contribution in [0.2, 0.25) is 0 Å². The Hall–Kier alpha value is -2.56. The van der Waals surface area contributed by atoms with Crippen molar-refractivity contribution in [3.63, 3.8) is 0 Å². The predicted molar refractivity (Wildman–Crippen MR) is 72.8 cm³/mol. The molecule has 0 aliphatic heterocycles. The molecule has 2 aromatic carbocycles. The van der Waals surface area contributed by atoms with Crippen LogP contribution in [0.25, 0.3) is 11.1 Å². The Balaban J connectivity index is 1.98. The highest BCUT2D eigenvalue weighted by Gasteiger charge is 2.09. The lowest BCUT2D eigenvalue weighted by molar-refractivity contribution is 0.611. The summed E-state index contributed by atoms with van der Waals surface area (Å²) in [5, 5.41) is 2.83. The standard InChI is InChI=1S/C14H12FN3O/c1-8-2-4-10(15)12(6-8)18-14-17-11-5-3-9(16)7-13(11)19-14/h2-7H,16H2,1H3,(H,17,18). The van der Waals surface area contributed by atoms with Gasteiger partial charge in [-0.05, 0) is 36.8 Å². The van der Waals surface area contributed by atoms with Crippen LogP contribution in [0.3, 0.4) is 0 Å². The second kappa shape index (κ2) is 4.28. The molecule has 0 amide bonds. The zero-order valence-electron chi connectivity index (χ0n) is 10.3. The number of nitrogens with two attached hydrogens (primary N) is 1. The summed E-state index contributed by atoms with van der Waals surface area (Å²) in [5.41, 5.74) is 8.77. The van der Waals surface area contributed by atoms with Crippen molar-refractivity contribution in [2.45, 2.75) is 6.92 Å². The minimum absolute atomic E-state index is 0.241. The molecule has 1 heterocycles. The minimum Gasteiger partial charge on any atom is -0.423 e. The van der Waals surface area contributed by atoms with Crippen molar-refractivity contribution < 1.29 is 8.81 Å². The summed E-state index contributed by atoms with van der Waals surface area (Å²) in [4.78, 5) is 4.22. The highest BCUT2D eigenvalue weighted by atomic mass is 19.1. The van der Waals surface area contributed by atoms with Gasteiger partial charge < -0.3 is 15.5 Å². The van der Waals surface area contributed by atoms with Crippen molar-refractivity contribution >= 4 is 28.5 Å².